The van der Waals surface area contributed by atoms with Crippen molar-refractivity contribution in [1.82, 2.24) is 38.6 Å². The van der Waals surface area contributed by atoms with E-state index in [1.54, 1.807) is 0 Å². The molecule has 0 spiro atoms. The molecule has 11 N–H and O–H groups in total. The number of H-pyrrole nitrogens is 2. The first kappa shape index (κ1) is 42.1. The van der Waals surface area contributed by atoms with E-state index in [9.17, 15) is 53.0 Å². The number of aromatic amines is 2. The minimum atomic E-state index is -6.02. The molecule has 32 heteroatoms. The van der Waals surface area contributed by atoms with E-state index in [1.807, 2.05) is 0 Å². The molecule has 29 nitrogen and oxygen atoms in total. The van der Waals surface area contributed by atoms with Crippen LogP contribution in [-0.4, -0.2) is 119 Å². The number of phosphoric acid groups is 3. The summed E-state index contributed by atoms with van der Waals surface area (Å²) < 4.78 is 82.3. The highest BCUT2D eigenvalue weighted by atomic mass is 31.3. The van der Waals surface area contributed by atoms with Crippen molar-refractivity contribution in [3.63, 3.8) is 0 Å². The van der Waals surface area contributed by atoms with Crippen LogP contribution in [0.3, 0.4) is 0 Å². The van der Waals surface area contributed by atoms with E-state index in [0.717, 1.165) is 20.0 Å². The third-order valence-corrected chi connectivity index (χ3v) is 13.1. The standard InChI is InChI=1S/C26H35N10O19P3/c1-4-5-34-12-18(31-24(28)33-20(12)40)36(25(34)41)22-16-15(52-26(2,3)53-16)10(51-22)7-49-57(44,45)55-58(46,47)54-56(42,43)48-6-9-13(37)14(38)21(50-9)35-8-29-11-17(35)30-23(27)32-19(11)39/h4,8-10,13-16,21-22,37-38H,1,5-7H2,2-3H3,(H,42,43)(H,44,45)(H,46,47)(H3,27,30,32,39)(H3,28,31,33,40)/t9-,10-,13-,14-,15-,16-,21-,22-/m1/s1. The number of aliphatic hydroxyl groups is 2. The van der Waals surface area contributed by atoms with Crippen LogP contribution in [-0.2, 0) is 56.9 Å². The maximum Gasteiger partial charge on any atom is 0.490 e. The summed E-state index contributed by atoms with van der Waals surface area (Å²) in [5.74, 6) is -1.97. The molecule has 3 aliphatic heterocycles. The van der Waals surface area contributed by atoms with Crippen molar-refractivity contribution in [2.24, 2.45) is 0 Å². The first-order valence-corrected chi connectivity index (χ1v) is 21.1. The second-order valence-corrected chi connectivity index (χ2v) is 17.9. The van der Waals surface area contributed by atoms with Crippen LogP contribution in [0.25, 0.3) is 22.3 Å². The lowest BCUT2D eigenvalue weighted by Gasteiger charge is -2.25. The summed E-state index contributed by atoms with van der Waals surface area (Å²) in [5, 5.41) is 21.1. The van der Waals surface area contributed by atoms with E-state index in [1.165, 1.54) is 19.9 Å². The molecule has 0 radical (unpaired) electrons. The second kappa shape index (κ2) is 14.9. The van der Waals surface area contributed by atoms with Gasteiger partial charge in [0.2, 0.25) is 11.9 Å². The highest BCUT2D eigenvalue weighted by Crippen LogP contribution is 2.68. The van der Waals surface area contributed by atoms with Gasteiger partial charge in [0.1, 0.15) is 36.6 Å². The number of hydrogen-bond acceptors (Lipinski definition) is 21. The molecule has 58 heavy (non-hydrogen) atoms. The van der Waals surface area contributed by atoms with Crippen LogP contribution >= 0.6 is 23.5 Å². The van der Waals surface area contributed by atoms with Crippen molar-refractivity contribution in [2.75, 3.05) is 24.7 Å². The quantitative estimate of drug-likeness (QED) is 0.0478. The molecule has 3 unspecified atom stereocenters. The topological polar surface area (TPSA) is 414 Å². The zero-order chi connectivity index (χ0) is 42.3. The molecule has 0 aliphatic carbocycles. The van der Waals surface area contributed by atoms with Gasteiger partial charge in [-0.2, -0.15) is 18.6 Å². The van der Waals surface area contributed by atoms with Gasteiger partial charge in [0.25, 0.3) is 11.1 Å². The minimum absolute atomic E-state index is 0.129. The Hall–Kier alpha value is -3.99. The number of aromatic nitrogens is 8. The Balaban J connectivity index is 1.00. The summed E-state index contributed by atoms with van der Waals surface area (Å²) >= 11 is 0. The predicted octanol–water partition coefficient (Wildman–Crippen LogP) is -2.23. The predicted molar refractivity (Wildman–Crippen MR) is 189 cm³/mol. The van der Waals surface area contributed by atoms with Gasteiger partial charge in [-0.25, -0.2) is 28.0 Å². The minimum Gasteiger partial charge on any atom is -0.387 e. The number of imidazole rings is 2. The molecule has 0 aromatic carbocycles. The van der Waals surface area contributed by atoms with Gasteiger partial charge in [-0.15, -0.1) is 6.58 Å². The van der Waals surface area contributed by atoms with E-state index in [0.29, 0.717) is 0 Å². The molecular weight excluding hydrogens is 849 g/mol. The van der Waals surface area contributed by atoms with Gasteiger partial charge in [0, 0.05) is 6.54 Å². The van der Waals surface area contributed by atoms with Crippen LogP contribution in [0, 0.1) is 0 Å². The first-order chi connectivity index (χ1) is 27.0. The molecule has 4 aromatic heterocycles. The van der Waals surface area contributed by atoms with E-state index >= 15 is 0 Å². The number of fused-ring (bicyclic) bond motifs is 3. The van der Waals surface area contributed by atoms with Crippen LogP contribution in [0.1, 0.15) is 26.3 Å². The van der Waals surface area contributed by atoms with Crippen molar-refractivity contribution in [1.29, 1.82) is 0 Å². The highest BCUT2D eigenvalue weighted by Gasteiger charge is 2.57. The van der Waals surface area contributed by atoms with Crippen molar-refractivity contribution < 1.29 is 75.2 Å². The average Bonchev–Trinajstić information content (AvgIpc) is 3.86. The number of nitrogens with two attached hydrogens (primary N) is 2. The van der Waals surface area contributed by atoms with Crippen LogP contribution in [0.4, 0.5) is 11.9 Å². The van der Waals surface area contributed by atoms with Crippen LogP contribution < -0.4 is 28.3 Å². The van der Waals surface area contributed by atoms with Gasteiger partial charge in [-0.05, 0) is 13.8 Å². The lowest BCUT2D eigenvalue weighted by Crippen LogP contribution is -2.34. The Morgan fingerprint density at radius 2 is 1.43 bits per heavy atom. The zero-order valence-electron chi connectivity index (χ0n) is 29.7. The molecule has 3 saturated heterocycles. The maximum absolute atomic E-state index is 13.6. The largest absolute Gasteiger partial charge is 0.490 e. The molecule has 3 fully saturated rings. The van der Waals surface area contributed by atoms with Gasteiger partial charge >= 0.3 is 29.2 Å². The van der Waals surface area contributed by atoms with Crippen molar-refractivity contribution in [3.05, 3.63) is 50.2 Å². The molecule has 318 valence electrons. The Morgan fingerprint density at radius 3 is 2.07 bits per heavy atom. The van der Waals surface area contributed by atoms with Crippen molar-refractivity contribution in [2.45, 2.75) is 75.3 Å². The van der Waals surface area contributed by atoms with Crippen molar-refractivity contribution in [3.8, 4) is 0 Å². The smallest absolute Gasteiger partial charge is 0.387 e. The fourth-order valence-corrected chi connectivity index (χ4v) is 10.1. The van der Waals surface area contributed by atoms with E-state index in [-0.39, 0.29) is 40.8 Å². The molecule has 0 amide bonds. The van der Waals surface area contributed by atoms with E-state index in [4.69, 9.17) is 34.9 Å². The summed E-state index contributed by atoms with van der Waals surface area (Å²) in [6.45, 7) is 4.43. The molecule has 0 saturated carbocycles. The number of allylic oxidation sites excluding steroid dienone is 1. The number of nitrogens with zero attached hydrogens (tertiary/aromatic N) is 6. The maximum atomic E-state index is 13.6. The number of rotatable bonds is 14. The molecule has 11 atom stereocenters. The number of ether oxygens (including phenoxy) is 4. The molecule has 0 bridgehead atoms. The molecule has 3 aliphatic rings. The lowest BCUT2D eigenvalue weighted by molar-refractivity contribution is -0.199. The Bertz CT molecular complexity index is 2610. The summed E-state index contributed by atoms with van der Waals surface area (Å²) in [4.78, 5) is 85.6. The third-order valence-electron chi connectivity index (χ3n) is 8.80. The number of hydrogen-bond donors (Lipinski definition) is 9. The summed E-state index contributed by atoms with van der Waals surface area (Å²) in [6.07, 6.45) is -9.43. The molecule has 7 rings (SSSR count). The fraction of sp³-hybridized carbons (Fsp3) is 0.538. The van der Waals surface area contributed by atoms with E-state index < -0.39 is 108 Å². The Morgan fingerprint density at radius 1 is 0.862 bits per heavy atom. The highest BCUT2D eigenvalue weighted by molar-refractivity contribution is 7.66. The zero-order valence-corrected chi connectivity index (χ0v) is 32.4. The van der Waals surface area contributed by atoms with Crippen LogP contribution in [0.5, 0.6) is 0 Å². The Labute approximate surface area is 321 Å². The number of nitrogens with one attached hydrogen (secondary N) is 2. The van der Waals surface area contributed by atoms with Gasteiger partial charge in [0.05, 0.1) is 19.5 Å². The van der Waals surface area contributed by atoms with Crippen LogP contribution in [0.2, 0.25) is 0 Å². The first-order valence-electron chi connectivity index (χ1n) is 16.6. The van der Waals surface area contributed by atoms with E-state index in [2.05, 4.69) is 44.6 Å². The number of phosphoric ester groups is 2. The van der Waals surface area contributed by atoms with Gasteiger partial charge in [0.15, 0.2) is 40.6 Å². The SMILES string of the molecule is C=CCn1c(=O)n([C@@H]2O[C@H](COP(=O)(O)OP(=O)(O)OP(=O)(O)OC[C@H]3O[C@@H](n4cnc5c(=O)[nH]c(N)nc54)[C@H](O)[C@@H]3O)[C@H]3OC(C)(C)O[C@H]32)c2nc(N)[nH]c(=O)c21. The third kappa shape index (κ3) is 8.01. The number of aliphatic hydroxyl groups excluding tert-OH is 2. The van der Waals surface area contributed by atoms with Gasteiger partial charge in [-0.1, -0.05) is 6.08 Å². The Kier molecular flexibility index (Phi) is 10.8. The average molecular weight is 885 g/mol. The molecule has 7 heterocycles. The monoisotopic (exact) mass is 884 g/mol. The summed E-state index contributed by atoms with van der Waals surface area (Å²) in [7, 11) is -17.4. The lowest BCUT2D eigenvalue weighted by atomic mass is 10.1. The second-order valence-electron chi connectivity index (χ2n) is 13.3. The summed E-state index contributed by atoms with van der Waals surface area (Å²) in [6, 6.07) is 0. The van der Waals surface area contributed by atoms with Crippen LogP contribution in [0.15, 0.2) is 33.4 Å². The number of anilines is 2. The molecule has 4 aromatic rings. The summed E-state index contributed by atoms with van der Waals surface area (Å²) in [5.41, 5.74) is 8.28. The normalized spacial score (nSPS) is 30.0. The molecular formula is C26H35N10O19P3. The van der Waals surface area contributed by atoms with Gasteiger partial charge in [-0.3, -0.25) is 37.7 Å². The van der Waals surface area contributed by atoms with Gasteiger partial charge < -0.3 is 55.3 Å². The number of nitrogen functional groups attached to an aromatic ring is 2. The fourth-order valence-electron chi connectivity index (χ4n) is 6.61. The van der Waals surface area contributed by atoms with Crippen molar-refractivity contribution >= 4 is 57.7 Å².